The van der Waals surface area contributed by atoms with Crippen LogP contribution in [0.15, 0.2) is 52.1 Å². The second-order valence-electron chi connectivity index (χ2n) is 6.75. The Morgan fingerprint density at radius 2 is 1.68 bits per heavy atom. The van der Waals surface area contributed by atoms with E-state index in [9.17, 15) is 14.4 Å². The highest BCUT2D eigenvalue weighted by Gasteiger charge is 2.13. The van der Waals surface area contributed by atoms with E-state index in [4.69, 9.17) is 0 Å². The van der Waals surface area contributed by atoms with Gasteiger partial charge in [-0.25, -0.2) is 9.48 Å². The molecule has 0 fully saturated rings. The highest BCUT2D eigenvalue weighted by atomic mass is 16.2. The van der Waals surface area contributed by atoms with Crippen LogP contribution < -0.4 is 16.6 Å². The van der Waals surface area contributed by atoms with Crippen molar-refractivity contribution in [1.82, 2.24) is 18.9 Å². The number of aryl methyl sites for hydroxylation is 3. The van der Waals surface area contributed by atoms with Crippen molar-refractivity contribution in [3.05, 3.63) is 69.0 Å². The van der Waals surface area contributed by atoms with E-state index < -0.39 is 0 Å². The van der Waals surface area contributed by atoms with Crippen LogP contribution >= 0.6 is 0 Å². The van der Waals surface area contributed by atoms with Gasteiger partial charge in [0.15, 0.2) is 0 Å². The van der Waals surface area contributed by atoms with Gasteiger partial charge in [0.1, 0.15) is 6.54 Å². The van der Waals surface area contributed by atoms with Crippen molar-refractivity contribution in [1.29, 1.82) is 0 Å². The van der Waals surface area contributed by atoms with Gasteiger partial charge in [0, 0.05) is 25.2 Å². The molecule has 0 aliphatic carbocycles. The van der Waals surface area contributed by atoms with Crippen LogP contribution in [0, 0.1) is 6.92 Å². The second-order valence-corrected chi connectivity index (χ2v) is 6.75. The number of anilines is 1. The zero-order chi connectivity index (χ0) is 20.0. The third kappa shape index (κ3) is 2.79. The molecule has 0 bridgehead atoms. The number of amides is 1. The van der Waals surface area contributed by atoms with Gasteiger partial charge in [0.25, 0.3) is 5.56 Å². The van der Waals surface area contributed by atoms with E-state index >= 15 is 0 Å². The number of benzene rings is 2. The third-order valence-corrected chi connectivity index (χ3v) is 4.90. The standard InChI is InChI=1S/C20H19N5O3/c1-12-14-6-4-5-7-15(14)19(27)25(22-12)11-18(26)21-13-8-9-16-17(10-13)24(3)20(28)23(16)2/h4-10H,11H2,1-3H3,(H,21,26). The molecule has 0 radical (unpaired) electrons. The number of hydrogen-bond donors (Lipinski definition) is 1. The molecule has 0 atom stereocenters. The minimum Gasteiger partial charge on any atom is -0.324 e. The van der Waals surface area contributed by atoms with Crippen molar-refractivity contribution in [2.75, 3.05) is 5.32 Å². The number of carbonyl (C=O) groups excluding carboxylic acids is 1. The maximum atomic E-state index is 12.6. The molecular weight excluding hydrogens is 358 g/mol. The molecular formula is C20H19N5O3. The van der Waals surface area contributed by atoms with E-state index in [1.54, 1.807) is 55.9 Å². The smallest absolute Gasteiger partial charge is 0.324 e. The Bertz CT molecular complexity index is 1360. The summed E-state index contributed by atoms with van der Waals surface area (Å²) in [4.78, 5) is 37.1. The summed E-state index contributed by atoms with van der Waals surface area (Å²) in [6, 6.07) is 12.4. The minimum absolute atomic E-state index is 0.138. The van der Waals surface area contributed by atoms with E-state index in [2.05, 4.69) is 10.4 Å². The molecule has 4 aromatic rings. The minimum atomic E-state index is -0.371. The lowest BCUT2D eigenvalue weighted by molar-refractivity contribution is -0.117. The first-order chi connectivity index (χ1) is 13.4. The summed E-state index contributed by atoms with van der Waals surface area (Å²) < 4.78 is 4.23. The zero-order valence-electron chi connectivity index (χ0n) is 15.8. The van der Waals surface area contributed by atoms with Gasteiger partial charge < -0.3 is 5.32 Å². The van der Waals surface area contributed by atoms with Crippen LogP contribution in [0.3, 0.4) is 0 Å². The molecule has 28 heavy (non-hydrogen) atoms. The molecule has 0 aliphatic heterocycles. The van der Waals surface area contributed by atoms with Crippen molar-refractivity contribution >= 4 is 33.4 Å². The lowest BCUT2D eigenvalue weighted by Crippen LogP contribution is -2.30. The van der Waals surface area contributed by atoms with Crippen LogP contribution in [0.5, 0.6) is 0 Å². The normalized spacial score (nSPS) is 11.2. The molecule has 0 saturated heterocycles. The van der Waals surface area contributed by atoms with E-state index in [1.165, 1.54) is 9.25 Å². The number of imidazole rings is 1. The molecule has 4 rings (SSSR count). The fourth-order valence-electron chi connectivity index (χ4n) is 3.43. The summed E-state index contributed by atoms with van der Waals surface area (Å²) >= 11 is 0. The van der Waals surface area contributed by atoms with Crippen molar-refractivity contribution in [2.45, 2.75) is 13.5 Å². The molecule has 2 aromatic carbocycles. The van der Waals surface area contributed by atoms with Crippen molar-refractivity contribution in [2.24, 2.45) is 14.1 Å². The number of hydrogen-bond acceptors (Lipinski definition) is 4. The van der Waals surface area contributed by atoms with Crippen LogP contribution in [0.1, 0.15) is 5.69 Å². The van der Waals surface area contributed by atoms with E-state index in [0.29, 0.717) is 22.3 Å². The molecule has 0 unspecified atom stereocenters. The fourth-order valence-corrected chi connectivity index (χ4v) is 3.43. The van der Waals surface area contributed by atoms with Gasteiger partial charge in [-0.1, -0.05) is 18.2 Å². The molecule has 0 aliphatic rings. The van der Waals surface area contributed by atoms with Gasteiger partial charge in [0.2, 0.25) is 5.91 Å². The third-order valence-electron chi connectivity index (χ3n) is 4.90. The maximum Gasteiger partial charge on any atom is 0.328 e. The van der Waals surface area contributed by atoms with Crippen LogP contribution in [0.25, 0.3) is 21.8 Å². The molecule has 8 heteroatoms. The molecule has 142 valence electrons. The van der Waals surface area contributed by atoms with E-state index in [0.717, 1.165) is 10.9 Å². The van der Waals surface area contributed by atoms with Gasteiger partial charge in [-0.2, -0.15) is 5.10 Å². The number of carbonyl (C=O) groups is 1. The SMILES string of the molecule is Cc1nn(CC(=O)Nc2ccc3c(c2)n(C)c(=O)n3C)c(=O)c2ccccc12. The number of rotatable bonds is 3. The summed E-state index contributed by atoms with van der Waals surface area (Å²) in [5.41, 5.74) is 2.27. The van der Waals surface area contributed by atoms with Crippen molar-refractivity contribution in [3.63, 3.8) is 0 Å². The average Bonchev–Trinajstić information content (AvgIpc) is 2.90. The molecule has 8 nitrogen and oxygen atoms in total. The molecule has 2 heterocycles. The first kappa shape index (κ1) is 17.7. The van der Waals surface area contributed by atoms with E-state index in [-0.39, 0.29) is 23.7 Å². The van der Waals surface area contributed by atoms with Gasteiger partial charge >= 0.3 is 5.69 Å². The number of nitrogens with one attached hydrogen (secondary N) is 1. The van der Waals surface area contributed by atoms with Gasteiger partial charge in [-0.15, -0.1) is 0 Å². The summed E-state index contributed by atoms with van der Waals surface area (Å²) in [6.45, 7) is 1.61. The Morgan fingerprint density at radius 1 is 1.00 bits per heavy atom. The first-order valence-electron chi connectivity index (χ1n) is 8.78. The number of nitrogens with zero attached hydrogens (tertiary/aromatic N) is 4. The summed E-state index contributed by atoms with van der Waals surface area (Å²) in [7, 11) is 3.38. The lowest BCUT2D eigenvalue weighted by atomic mass is 10.1. The summed E-state index contributed by atoms with van der Waals surface area (Å²) in [5.74, 6) is -0.371. The van der Waals surface area contributed by atoms with Crippen molar-refractivity contribution < 1.29 is 4.79 Å². The highest BCUT2D eigenvalue weighted by Crippen LogP contribution is 2.17. The second kappa shape index (κ2) is 6.49. The Balaban J connectivity index is 1.63. The molecule has 0 saturated carbocycles. The monoisotopic (exact) mass is 377 g/mol. The molecule has 0 spiro atoms. The van der Waals surface area contributed by atoms with Gasteiger partial charge in [-0.3, -0.25) is 18.7 Å². The quantitative estimate of drug-likeness (QED) is 0.586. The van der Waals surface area contributed by atoms with E-state index in [1.807, 2.05) is 12.1 Å². The topological polar surface area (TPSA) is 90.9 Å². The summed E-state index contributed by atoms with van der Waals surface area (Å²) in [6.07, 6.45) is 0. The molecule has 2 aromatic heterocycles. The first-order valence-corrected chi connectivity index (χ1v) is 8.78. The lowest BCUT2D eigenvalue weighted by Gasteiger charge is -2.10. The Labute approximate surface area is 159 Å². The molecule has 1 amide bonds. The Kier molecular flexibility index (Phi) is 4.11. The largest absolute Gasteiger partial charge is 0.328 e. The van der Waals surface area contributed by atoms with Crippen LogP contribution in [0.2, 0.25) is 0 Å². The van der Waals surface area contributed by atoms with Gasteiger partial charge in [-0.05, 0) is 31.2 Å². The average molecular weight is 377 g/mol. The summed E-state index contributed by atoms with van der Waals surface area (Å²) in [5, 5.41) is 8.33. The van der Waals surface area contributed by atoms with Crippen molar-refractivity contribution in [3.8, 4) is 0 Å². The zero-order valence-corrected chi connectivity index (χ0v) is 15.8. The maximum absolute atomic E-state index is 12.6. The Morgan fingerprint density at radius 3 is 2.43 bits per heavy atom. The van der Waals surface area contributed by atoms with Crippen LogP contribution in [-0.2, 0) is 25.4 Å². The van der Waals surface area contributed by atoms with Gasteiger partial charge in [0.05, 0.1) is 22.1 Å². The highest BCUT2D eigenvalue weighted by molar-refractivity contribution is 5.93. The fraction of sp³-hybridized carbons (Fsp3) is 0.200. The predicted octanol–water partition coefficient (Wildman–Crippen LogP) is 1.53. The number of fused-ring (bicyclic) bond motifs is 2. The molecule has 1 N–H and O–H groups in total. The van der Waals surface area contributed by atoms with Crippen LogP contribution in [-0.4, -0.2) is 24.8 Å². The predicted molar refractivity (Wildman–Crippen MR) is 108 cm³/mol. The Hall–Kier alpha value is -3.68. The van der Waals surface area contributed by atoms with Crippen LogP contribution in [0.4, 0.5) is 5.69 Å². The number of aromatic nitrogens is 4.